The summed E-state index contributed by atoms with van der Waals surface area (Å²) in [6, 6.07) is 7.59. The highest BCUT2D eigenvalue weighted by Crippen LogP contribution is 2.25. The van der Waals surface area contributed by atoms with Gasteiger partial charge in [0.15, 0.2) is 0 Å². The van der Waals surface area contributed by atoms with E-state index in [0.717, 1.165) is 16.6 Å². The molecule has 13 heavy (non-hydrogen) atoms. The smallest absolute Gasteiger partial charge is 0.0910 e. The molecule has 2 nitrogen and oxygen atoms in total. The van der Waals surface area contributed by atoms with Gasteiger partial charge >= 0.3 is 0 Å². The van der Waals surface area contributed by atoms with Gasteiger partial charge in [0, 0.05) is 11.1 Å². The summed E-state index contributed by atoms with van der Waals surface area (Å²) in [5.74, 6) is 0. The van der Waals surface area contributed by atoms with Crippen LogP contribution in [0.4, 0.5) is 0 Å². The lowest BCUT2D eigenvalue weighted by molar-refractivity contribution is 0.195. The highest BCUT2D eigenvalue weighted by molar-refractivity contribution is 6.35. The molecule has 2 aromatic rings. The molecule has 0 aliphatic heterocycles. The summed E-state index contributed by atoms with van der Waals surface area (Å²) in [5, 5.41) is 11.1. The average molecular weight is 196 g/mol. The molecule has 2 N–H and O–H groups in total. The van der Waals surface area contributed by atoms with Gasteiger partial charge in [-0.05, 0) is 19.1 Å². The second-order valence-corrected chi connectivity index (χ2v) is 3.51. The molecule has 1 unspecified atom stereocenters. The standard InChI is InChI=1S/C10H10ClNO/c1-6(13)9-5-7-3-2-4-8(11)10(7)12-9/h2-6,12-13H,1H3. The molecule has 0 radical (unpaired) electrons. The average Bonchev–Trinajstić information content (AvgIpc) is 2.49. The van der Waals surface area contributed by atoms with E-state index in [4.69, 9.17) is 11.6 Å². The lowest BCUT2D eigenvalue weighted by Crippen LogP contribution is -1.89. The summed E-state index contributed by atoms with van der Waals surface area (Å²) >= 11 is 5.96. The van der Waals surface area contributed by atoms with E-state index in [-0.39, 0.29) is 0 Å². The van der Waals surface area contributed by atoms with Crippen LogP contribution < -0.4 is 0 Å². The van der Waals surface area contributed by atoms with Gasteiger partial charge in [-0.15, -0.1) is 0 Å². The molecule has 2 rings (SSSR count). The second-order valence-electron chi connectivity index (χ2n) is 3.10. The highest BCUT2D eigenvalue weighted by Gasteiger charge is 2.06. The maximum atomic E-state index is 9.34. The van der Waals surface area contributed by atoms with Crippen molar-refractivity contribution in [3.63, 3.8) is 0 Å². The fourth-order valence-electron chi connectivity index (χ4n) is 1.37. The number of benzene rings is 1. The van der Waals surface area contributed by atoms with Crippen LogP contribution in [0.5, 0.6) is 0 Å². The first-order valence-electron chi connectivity index (χ1n) is 4.13. The van der Waals surface area contributed by atoms with Crippen molar-refractivity contribution in [2.45, 2.75) is 13.0 Å². The number of halogens is 1. The van der Waals surface area contributed by atoms with Crippen molar-refractivity contribution in [2.24, 2.45) is 0 Å². The molecule has 1 aromatic carbocycles. The number of aliphatic hydroxyl groups is 1. The number of aromatic amines is 1. The van der Waals surface area contributed by atoms with Gasteiger partial charge in [-0.25, -0.2) is 0 Å². The Morgan fingerprint density at radius 3 is 2.85 bits per heavy atom. The molecule has 0 aliphatic rings. The Kier molecular flexibility index (Phi) is 2.02. The fourth-order valence-corrected chi connectivity index (χ4v) is 1.60. The molecule has 0 amide bonds. The van der Waals surface area contributed by atoms with Crippen LogP contribution in [0.2, 0.25) is 5.02 Å². The van der Waals surface area contributed by atoms with E-state index in [9.17, 15) is 5.11 Å². The first-order chi connectivity index (χ1) is 6.18. The van der Waals surface area contributed by atoms with E-state index in [2.05, 4.69) is 4.98 Å². The fraction of sp³-hybridized carbons (Fsp3) is 0.200. The number of aromatic nitrogens is 1. The van der Waals surface area contributed by atoms with Crippen molar-refractivity contribution in [1.82, 2.24) is 4.98 Å². The predicted octanol–water partition coefficient (Wildman–Crippen LogP) is 2.87. The third-order valence-electron chi connectivity index (χ3n) is 2.08. The van der Waals surface area contributed by atoms with Gasteiger partial charge in [-0.1, -0.05) is 23.7 Å². The van der Waals surface area contributed by atoms with Gasteiger partial charge in [0.25, 0.3) is 0 Å². The lowest BCUT2D eigenvalue weighted by Gasteiger charge is -1.97. The number of hydrogen-bond acceptors (Lipinski definition) is 1. The summed E-state index contributed by atoms with van der Waals surface area (Å²) in [6.07, 6.45) is -0.483. The molecular weight excluding hydrogens is 186 g/mol. The zero-order chi connectivity index (χ0) is 9.42. The number of H-pyrrole nitrogens is 1. The van der Waals surface area contributed by atoms with E-state index in [0.29, 0.717) is 5.02 Å². The molecular formula is C10H10ClNO. The van der Waals surface area contributed by atoms with Crippen LogP contribution in [-0.4, -0.2) is 10.1 Å². The van der Waals surface area contributed by atoms with Crippen molar-refractivity contribution < 1.29 is 5.11 Å². The maximum Gasteiger partial charge on any atom is 0.0910 e. The van der Waals surface area contributed by atoms with Crippen molar-refractivity contribution in [1.29, 1.82) is 0 Å². The largest absolute Gasteiger partial charge is 0.387 e. The molecule has 0 spiro atoms. The van der Waals surface area contributed by atoms with E-state index in [1.165, 1.54) is 0 Å². The Morgan fingerprint density at radius 2 is 2.23 bits per heavy atom. The summed E-state index contributed by atoms with van der Waals surface area (Å²) < 4.78 is 0. The Morgan fingerprint density at radius 1 is 1.46 bits per heavy atom. The second kappa shape index (κ2) is 3.05. The van der Waals surface area contributed by atoms with Crippen LogP contribution in [-0.2, 0) is 0 Å². The molecule has 3 heteroatoms. The van der Waals surface area contributed by atoms with E-state index in [1.54, 1.807) is 6.92 Å². The third kappa shape index (κ3) is 1.43. The molecule has 1 heterocycles. The van der Waals surface area contributed by atoms with Crippen LogP contribution in [0, 0.1) is 0 Å². The van der Waals surface area contributed by atoms with Gasteiger partial charge in [-0.3, -0.25) is 0 Å². The molecule has 0 fully saturated rings. The molecule has 0 aliphatic carbocycles. The Balaban J connectivity index is 2.68. The summed E-state index contributed by atoms with van der Waals surface area (Å²) in [6.45, 7) is 1.72. The zero-order valence-electron chi connectivity index (χ0n) is 7.21. The van der Waals surface area contributed by atoms with Gasteiger partial charge in [-0.2, -0.15) is 0 Å². The van der Waals surface area contributed by atoms with Gasteiger partial charge in [0.05, 0.1) is 16.6 Å². The lowest BCUT2D eigenvalue weighted by atomic mass is 10.2. The highest BCUT2D eigenvalue weighted by atomic mass is 35.5. The molecule has 0 saturated heterocycles. The van der Waals surface area contributed by atoms with Crippen LogP contribution in [0.25, 0.3) is 10.9 Å². The van der Waals surface area contributed by atoms with E-state index >= 15 is 0 Å². The van der Waals surface area contributed by atoms with Crippen LogP contribution in [0.15, 0.2) is 24.3 Å². The topological polar surface area (TPSA) is 36.0 Å². The Hall–Kier alpha value is -0.990. The predicted molar refractivity (Wildman–Crippen MR) is 53.9 cm³/mol. The quantitative estimate of drug-likeness (QED) is 0.721. The maximum absolute atomic E-state index is 9.34. The van der Waals surface area contributed by atoms with Crippen molar-refractivity contribution >= 4 is 22.5 Å². The molecule has 68 valence electrons. The van der Waals surface area contributed by atoms with Crippen LogP contribution >= 0.6 is 11.6 Å². The van der Waals surface area contributed by atoms with Crippen LogP contribution in [0.1, 0.15) is 18.7 Å². The van der Waals surface area contributed by atoms with Crippen molar-refractivity contribution in [3.05, 3.63) is 35.0 Å². The number of aliphatic hydroxyl groups excluding tert-OH is 1. The van der Waals surface area contributed by atoms with Crippen molar-refractivity contribution in [2.75, 3.05) is 0 Å². The summed E-state index contributed by atoms with van der Waals surface area (Å²) in [7, 11) is 0. The van der Waals surface area contributed by atoms with Gasteiger partial charge in [0.1, 0.15) is 0 Å². The normalized spacial score (nSPS) is 13.5. The monoisotopic (exact) mass is 195 g/mol. The number of fused-ring (bicyclic) bond motifs is 1. The minimum atomic E-state index is -0.483. The Labute approximate surface area is 81.1 Å². The number of para-hydroxylation sites is 1. The van der Waals surface area contributed by atoms with Gasteiger partial charge < -0.3 is 10.1 Å². The summed E-state index contributed by atoms with van der Waals surface area (Å²) in [5.41, 5.74) is 1.68. The van der Waals surface area contributed by atoms with Crippen LogP contribution in [0.3, 0.4) is 0 Å². The SMILES string of the molecule is CC(O)c1cc2cccc(Cl)c2[nH]1. The minimum absolute atomic E-state index is 0.483. The minimum Gasteiger partial charge on any atom is -0.387 e. The first-order valence-corrected chi connectivity index (χ1v) is 4.51. The van der Waals surface area contributed by atoms with E-state index in [1.807, 2.05) is 24.3 Å². The first kappa shape index (κ1) is 8.60. The molecule has 0 bridgehead atoms. The number of nitrogens with one attached hydrogen (secondary N) is 1. The number of hydrogen-bond donors (Lipinski definition) is 2. The molecule has 1 atom stereocenters. The Bertz CT molecular complexity index is 433. The molecule has 1 aromatic heterocycles. The zero-order valence-corrected chi connectivity index (χ0v) is 7.97. The molecule has 0 saturated carbocycles. The van der Waals surface area contributed by atoms with Crippen molar-refractivity contribution in [3.8, 4) is 0 Å². The van der Waals surface area contributed by atoms with Gasteiger partial charge in [0.2, 0.25) is 0 Å². The summed E-state index contributed by atoms with van der Waals surface area (Å²) in [4.78, 5) is 3.08. The third-order valence-corrected chi connectivity index (χ3v) is 2.39. The number of rotatable bonds is 1. The van der Waals surface area contributed by atoms with E-state index < -0.39 is 6.10 Å².